The van der Waals surface area contributed by atoms with Crippen LogP contribution in [0.5, 0.6) is 0 Å². The predicted octanol–water partition coefficient (Wildman–Crippen LogP) is 1.92. The standard InChI is InChI=1S/C15H21ClN4O/c1-9(2)19-5-6-20-12(8-19)15(21)18(4)11-7-10(3)13(16)17-14(11)20/h7,9,12H,5-6,8H2,1-4H3/t12-/m1/s1. The second-order valence-electron chi connectivity index (χ2n) is 6.13. The maximum atomic E-state index is 12.7. The lowest BCUT2D eigenvalue weighted by molar-refractivity contribution is -0.121. The summed E-state index contributed by atoms with van der Waals surface area (Å²) in [4.78, 5) is 23.4. The molecule has 5 nitrogen and oxygen atoms in total. The molecule has 3 rings (SSSR count). The Morgan fingerprint density at radius 1 is 1.38 bits per heavy atom. The number of likely N-dealkylation sites (N-methyl/N-ethyl adjacent to an activating group) is 1. The monoisotopic (exact) mass is 308 g/mol. The van der Waals surface area contributed by atoms with Gasteiger partial charge in [0.2, 0.25) is 0 Å². The number of hydrogen-bond donors (Lipinski definition) is 0. The van der Waals surface area contributed by atoms with E-state index in [0.717, 1.165) is 36.7 Å². The zero-order chi connectivity index (χ0) is 15.3. The van der Waals surface area contributed by atoms with Crippen molar-refractivity contribution in [2.75, 3.05) is 36.5 Å². The van der Waals surface area contributed by atoms with Crippen LogP contribution >= 0.6 is 11.6 Å². The van der Waals surface area contributed by atoms with E-state index in [1.165, 1.54) is 0 Å². The van der Waals surface area contributed by atoms with Crippen LogP contribution < -0.4 is 9.80 Å². The average molecular weight is 309 g/mol. The van der Waals surface area contributed by atoms with E-state index in [-0.39, 0.29) is 11.9 Å². The molecule has 3 heterocycles. The van der Waals surface area contributed by atoms with E-state index in [0.29, 0.717) is 11.2 Å². The summed E-state index contributed by atoms with van der Waals surface area (Å²) in [5.74, 6) is 0.970. The molecule has 1 aromatic heterocycles. The highest BCUT2D eigenvalue weighted by molar-refractivity contribution is 6.30. The molecule has 2 aliphatic heterocycles. The van der Waals surface area contributed by atoms with Gasteiger partial charge in [0.1, 0.15) is 11.2 Å². The number of amides is 1. The van der Waals surface area contributed by atoms with Crippen LogP contribution in [0, 0.1) is 6.92 Å². The lowest BCUT2D eigenvalue weighted by Crippen LogP contribution is -2.63. The number of piperazine rings is 1. The summed E-state index contributed by atoms with van der Waals surface area (Å²) in [7, 11) is 1.82. The molecule has 21 heavy (non-hydrogen) atoms. The summed E-state index contributed by atoms with van der Waals surface area (Å²) < 4.78 is 0. The smallest absolute Gasteiger partial charge is 0.250 e. The third-order valence-corrected chi connectivity index (χ3v) is 4.89. The van der Waals surface area contributed by atoms with Crippen molar-refractivity contribution in [1.82, 2.24) is 9.88 Å². The van der Waals surface area contributed by atoms with Crippen molar-refractivity contribution in [3.05, 3.63) is 16.8 Å². The molecule has 0 N–H and O–H groups in total. The molecule has 0 unspecified atom stereocenters. The van der Waals surface area contributed by atoms with Crippen molar-refractivity contribution in [1.29, 1.82) is 0 Å². The number of fused-ring (bicyclic) bond motifs is 3. The van der Waals surface area contributed by atoms with Gasteiger partial charge >= 0.3 is 0 Å². The van der Waals surface area contributed by atoms with E-state index in [2.05, 4.69) is 28.6 Å². The third-order valence-electron chi connectivity index (χ3n) is 4.50. The Morgan fingerprint density at radius 2 is 2.10 bits per heavy atom. The minimum atomic E-state index is -0.162. The Hall–Kier alpha value is -1.33. The number of anilines is 2. The molecular formula is C15H21ClN4O. The number of halogens is 1. The molecule has 0 radical (unpaired) electrons. The molecule has 6 heteroatoms. The van der Waals surface area contributed by atoms with Gasteiger partial charge in [0, 0.05) is 32.7 Å². The summed E-state index contributed by atoms with van der Waals surface area (Å²) >= 11 is 6.19. The van der Waals surface area contributed by atoms with Crippen LogP contribution in [0.2, 0.25) is 5.15 Å². The maximum Gasteiger partial charge on any atom is 0.250 e. The van der Waals surface area contributed by atoms with Crippen LogP contribution in [0.15, 0.2) is 6.07 Å². The lowest BCUT2D eigenvalue weighted by atomic mass is 10.0. The normalized spacial score (nSPS) is 22.6. The minimum Gasteiger partial charge on any atom is -0.340 e. The van der Waals surface area contributed by atoms with Gasteiger partial charge in [-0.3, -0.25) is 9.69 Å². The minimum absolute atomic E-state index is 0.136. The fourth-order valence-electron chi connectivity index (χ4n) is 3.11. The van der Waals surface area contributed by atoms with Crippen LogP contribution in [-0.2, 0) is 4.79 Å². The molecule has 114 valence electrons. The number of carbonyl (C=O) groups is 1. The van der Waals surface area contributed by atoms with E-state index < -0.39 is 0 Å². The average Bonchev–Trinajstić information content (AvgIpc) is 2.46. The first-order chi connectivity index (χ1) is 9.90. The third kappa shape index (κ3) is 2.28. The van der Waals surface area contributed by atoms with Crippen LogP contribution in [0.25, 0.3) is 0 Å². The Balaban J connectivity index is 2.02. The van der Waals surface area contributed by atoms with Gasteiger partial charge in [0.15, 0.2) is 5.82 Å². The number of nitrogens with zero attached hydrogens (tertiary/aromatic N) is 4. The predicted molar refractivity (Wildman–Crippen MR) is 85.2 cm³/mol. The Morgan fingerprint density at radius 3 is 2.76 bits per heavy atom. The van der Waals surface area contributed by atoms with Crippen molar-refractivity contribution in [2.45, 2.75) is 32.9 Å². The molecule has 1 saturated heterocycles. The highest BCUT2D eigenvalue weighted by Gasteiger charge is 2.41. The fourth-order valence-corrected chi connectivity index (χ4v) is 3.24. The number of aryl methyl sites for hydroxylation is 1. The zero-order valence-corrected chi connectivity index (χ0v) is 13.7. The summed E-state index contributed by atoms with van der Waals surface area (Å²) in [5, 5.41) is 0.515. The first-order valence-electron chi connectivity index (χ1n) is 7.35. The van der Waals surface area contributed by atoms with Crippen LogP contribution in [0.4, 0.5) is 11.5 Å². The molecule has 1 amide bonds. The fraction of sp³-hybridized carbons (Fsp3) is 0.600. The van der Waals surface area contributed by atoms with Gasteiger partial charge in [-0.05, 0) is 32.4 Å². The molecular weight excluding hydrogens is 288 g/mol. The number of carbonyl (C=O) groups excluding carboxylic acids is 1. The Kier molecular flexibility index (Phi) is 3.58. The number of hydrogen-bond acceptors (Lipinski definition) is 4. The molecule has 1 atom stereocenters. The largest absolute Gasteiger partial charge is 0.340 e. The number of pyridine rings is 1. The molecule has 0 aliphatic carbocycles. The van der Waals surface area contributed by atoms with Gasteiger partial charge < -0.3 is 9.80 Å². The molecule has 0 bridgehead atoms. The van der Waals surface area contributed by atoms with Crippen LogP contribution in [-0.4, -0.2) is 54.6 Å². The van der Waals surface area contributed by atoms with Crippen molar-refractivity contribution in [3.8, 4) is 0 Å². The van der Waals surface area contributed by atoms with Crippen molar-refractivity contribution in [2.24, 2.45) is 0 Å². The molecule has 2 aliphatic rings. The van der Waals surface area contributed by atoms with Gasteiger partial charge in [-0.2, -0.15) is 0 Å². The van der Waals surface area contributed by atoms with Crippen LogP contribution in [0.1, 0.15) is 19.4 Å². The first kappa shape index (κ1) is 14.6. The van der Waals surface area contributed by atoms with E-state index in [9.17, 15) is 4.79 Å². The highest BCUT2D eigenvalue weighted by atomic mass is 35.5. The lowest BCUT2D eigenvalue weighted by Gasteiger charge is -2.47. The summed E-state index contributed by atoms with van der Waals surface area (Å²) in [6, 6.07) is 2.24. The second-order valence-corrected chi connectivity index (χ2v) is 6.49. The Bertz CT molecular complexity index is 589. The highest BCUT2D eigenvalue weighted by Crippen LogP contribution is 2.37. The van der Waals surface area contributed by atoms with E-state index in [4.69, 9.17) is 11.6 Å². The van der Waals surface area contributed by atoms with Gasteiger partial charge in [0.25, 0.3) is 5.91 Å². The summed E-state index contributed by atoms with van der Waals surface area (Å²) in [6.07, 6.45) is 0. The number of aromatic nitrogens is 1. The zero-order valence-electron chi connectivity index (χ0n) is 12.9. The van der Waals surface area contributed by atoms with Gasteiger partial charge in [0.05, 0.1) is 5.69 Å². The van der Waals surface area contributed by atoms with Crippen molar-refractivity contribution < 1.29 is 4.79 Å². The second kappa shape index (κ2) is 5.14. The number of rotatable bonds is 1. The molecule has 1 fully saturated rings. The summed E-state index contributed by atoms with van der Waals surface area (Å²) in [5.41, 5.74) is 1.76. The van der Waals surface area contributed by atoms with Gasteiger partial charge in [-0.1, -0.05) is 11.6 Å². The first-order valence-corrected chi connectivity index (χ1v) is 7.73. The molecule has 0 saturated carbocycles. The van der Waals surface area contributed by atoms with Gasteiger partial charge in [-0.25, -0.2) is 4.98 Å². The Labute approximate surface area is 130 Å². The molecule has 0 spiro atoms. The van der Waals surface area contributed by atoms with Gasteiger partial charge in [-0.15, -0.1) is 0 Å². The molecule has 1 aromatic rings. The topological polar surface area (TPSA) is 39.7 Å². The molecule has 0 aromatic carbocycles. The summed E-state index contributed by atoms with van der Waals surface area (Å²) in [6.45, 7) is 8.74. The SMILES string of the molecule is Cc1cc2c(nc1Cl)N1CCN(C(C)C)C[C@@H]1C(=O)N2C. The van der Waals surface area contributed by atoms with E-state index in [1.807, 2.05) is 20.0 Å². The maximum absolute atomic E-state index is 12.7. The van der Waals surface area contributed by atoms with Crippen molar-refractivity contribution >= 4 is 29.0 Å². The van der Waals surface area contributed by atoms with E-state index in [1.54, 1.807) is 4.90 Å². The van der Waals surface area contributed by atoms with E-state index >= 15 is 0 Å². The van der Waals surface area contributed by atoms with Crippen LogP contribution in [0.3, 0.4) is 0 Å². The quantitative estimate of drug-likeness (QED) is 0.743. The van der Waals surface area contributed by atoms with Crippen molar-refractivity contribution in [3.63, 3.8) is 0 Å².